The van der Waals surface area contributed by atoms with Gasteiger partial charge >= 0.3 is 0 Å². The Labute approximate surface area is 149 Å². The number of hydrogen-bond acceptors (Lipinski definition) is 6. The molecule has 2 rings (SSSR count). The minimum atomic E-state index is -3.82. The first-order valence-corrected chi connectivity index (χ1v) is 11.6. The minimum absolute atomic E-state index is 0.0250. The molecular formula is C16H25NO6S2. The first-order chi connectivity index (χ1) is 11.7. The van der Waals surface area contributed by atoms with E-state index in [2.05, 4.69) is 0 Å². The van der Waals surface area contributed by atoms with Crippen molar-refractivity contribution in [1.29, 1.82) is 0 Å². The van der Waals surface area contributed by atoms with Crippen molar-refractivity contribution in [1.82, 2.24) is 4.31 Å². The van der Waals surface area contributed by atoms with E-state index in [0.717, 1.165) is 0 Å². The monoisotopic (exact) mass is 391 g/mol. The van der Waals surface area contributed by atoms with E-state index in [1.54, 1.807) is 19.9 Å². The zero-order valence-electron chi connectivity index (χ0n) is 14.8. The fraction of sp³-hybridized carbons (Fsp3) is 0.625. The fourth-order valence-electron chi connectivity index (χ4n) is 2.95. The normalized spacial score (nSPS) is 19.9. The van der Waals surface area contributed by atoms with E-state index < -0.39 is 25.9 Å². The van der Waals surface area contributed by atoms with Gasteiger partial charge in [-0.15, -0.1) is 0 Å². The van der Waals surface area contributed by atoms with Crippen LogP contribution in [0.25, 0.3) is 0 Å². The maximum atomic E-state index is 13.0. The van der Waals surface area contributed by atoms with Crippen molar-refractivity contribution in [3.63, 3.8) is 0 Å². The van der Waals surface area contributed by atoms with Gasteiger partial charge in [-0.2, -0.15) is 4.31 Å². The average Bonchev–Trinajstić information content (AvgIpc) is 2.89. The molecule has 0 saturated carbocycles. The van der Waals surface area contributed by atoms with Gasteiger partial charge in [-0.25, -0.2) is 16.8 Å². The Bertz CT molecular complexity index is 804. The molecule has 1 saturated heterocycles. The molecule has 1 atom stereocenters. The summed E-state index contributed by atoms with van der Waals surface area (Å²) in [5.74, 6) is 0.738. The summed E-state index contributed by atoms with van der Waals surface area (Å²) in [5, 5.41) is 0. The zero-order valence-corrected chi connectivity index (χ0v) is 16.4. The van der Waals surface area contributed by atoms with E-state index in [1.807, 2.05) is 6.92 Å². The van der Waals surface area contributed by atoms with Crippen LogP contribution in [0, 0.1) is 0 Å². The van der Waals surface area contributed by atoms with Crippen LogP contribution in [0.5, 0.6) is 11.5 Å². The van der Waals surface area contributed by atoms with Gasteiger partial charge in [-0.05, 0) is 32.4 Å². The molecule has 25 heavy (non-hydrogen) atoms. The number of rotatable bonds is 8. The third-order valence-electron chi connectivity index (χ3n) is 4.05. The molecule has 142 valence electrons. The van der Waals surface area contributed by atoms with Gasteiger partial charge in [-0.1, -0.05) is 6.92 Å². The van der Waals surface area contributed by atoms with Crippen molar-refractivity contribution in [3.8, 4) is 11.5 Å². The number of sulfonamides is 1. The van der Waals surface area contributed by atoms with Gasteiger partial charge in [-0.3, -0.25) is 0 Å². The van der Waals surface area contributed by atoms with Crippen molar-refractivity contribution in [2.75, 3.05) is 31.3 Å². The van der Waals surface area contributed by atoms with E-state index in [1.165, 1.54) is 16.4 Å². The quantitative estimate of drug-likeness (QED) is 0.670. The van der Waals surface area contributed by atoms with Crippen LogP contribution in [0.1, 0.15) is 27.2 Å². The van der Waals surface area contributed by atoms with Crippen molar-refractivity contribution in [3.05, 3.63) is 18.2 Å². The molecule has 0 N–H and O–H groups in total. The average molecular weight is 392 g/mol. The molecule has 1 heterocycles. The molecule has 0 radical (unpaired) electrons. The second-order valence-electron chi connectivity index (χ2n) is 5.74. The maximum absolute atomic E-state index is 13.0. The lowest BCUT2D eigenvalue weighted by Gasteiger charge is -2.26. The first-order valence-electron chi connectivity index (χ1n) is 8.37. The van der Waals surface area contributed by atoms with Crippen LogP contribution in [0.3, 0.4) is 0 Å². The molecule has 1 aromatic carbocycles. The fourth-order valence-corrected chi connectivity index (χ4v) is 6.46. The molecule has 9 heteroatoms. The molecule has 0 spiro atoms. The summed E-state index contributed by atoms with van der Waals surface area (Å²) >= 11 is 0. The highest BCUT2D eigenvalue weighted by Crippen LogP contribution is 2.32. The van der Waals surface area contributed by atoms with Gasteiger partial charge in [0.25, 0.3) is 0 Å². The minimum Gasteiger partial charge on any atom is -0.490 e. The number of benzene rings is 1. The highest BCUT2D eigenvalue weighted by molar-refractivity contribution is 7.92. The number of ether oxygens (including phenoxy) is 2. The van der Waals surface area contributed by atoms with Gasteiger partial charge in [0.15, 0.2) is 21.3 Å². The molecular weight excluding hydrogens is 366 g/mol. The highest BCUT2D eigenvalue weighted by atomic mass is 32.2. The summed E-state index contributed by atoms with van der Waals surface area (Å²) in [6.45, 7) is 6.37. The van der Waals surface area contributed by atoms with E-state index in [-0.39, 0.29) is 22.9 Å². The number of nitrogens with zero attached hydrogens (tertiary/aromatic N) is 1. The molecule has 1 fully saturated rings. The van der Waals surface area contributed by atoms with Gasteiger partial charge in [0.05, 0.1) is 29.6 Å². The Morgan fingerprint density at radius 1 is 1.12 bits per heavy atom. The van der Waals surface area contributed by atoms with Gasteiger partial charge in [0, 0.05) is 18.7 Å². The van der Waals surface area contributed by atoms with Crippen LogP contribution in [0.4, 0.5) is 0 Å². The van der Waals surface area contributed by atoms with Gasteiger partial charge < -0.3 is 9.47 Å². The Morgan fingerprint density at radius 3 is 2.28 bits per heavy atom. The van der Waals surface area contributed by atoms with Crippen molar-refractivity contribution < 1.29 is 26.3 Å². The second-order valence-corrected chi connectivity index (χ2v) is 9.86. The topological polar surface area (TPSA) is 90.0 Å². The summed E-state index contributed by atoms with van der Waals surface area (Å²) < 4.78 is 61.7. The van der Waals surface area contributed by atoms with Crippen molar-refractivity contribution >= 4 is 19.9 Å². The third-order valence-corrected chi connectivity index (χ3v) is 7.82. The molecule has 0 aromatic heterocycles. The molecule has 0 aliphatic carbocycles. The molecule has 1 aliphatic heterocycles. The summed E-state index contributed by atoms with van der Waals surface area (Å²) in [6, 6.07) is 3.95. The van der Waals surface area contributed by atoms with Crippen LogP contribution in [-0.2, 0) is 19.9 Å². The van der Waals surface area contributed by atoms with E-state index >= 15 is 0 Å². The molecule has 1 aliphatic rings. The molecule has 0 bridgehead atoms. The number of sulfone groups is 1. The summed E-state index contributed by atoms with van der Waals surface area (Å²) in [4.78, 5) is 0.0746. The smallest absolute Gasteiger partial charge is 0.243 e. The van der Waals surface area contributed by atoms with Crippen LogP contribution in [-0.4, -0.2) is 58.4 Å². The van der Waals surface area contributed by atoms with Crippen LogP contribution in [0.15, 0.2) is 23.1 Å². The lowest BCUT2D eigenvalue weighted by Crippen LogP contribution is -2.40. The maximum Gasteiger partial charge on any atom is 0.243 e. The summed E-state index contributed by atoms with van der Waals surface area (Å²) in [6.07, 6.45) is 0.324. The molecule has 1 aromatic rings. The van der Waals surface area contributed by atoms with Gasteiger partial charge in [0.2, 0.25) is 10.0 Å². The van der Waals surface area contributed by atoms with Crippen molar-refractivity contribution in [2.45, 2.75) is 38.1 Å². The lowest BCUT2D eigenvalue weighted by molar-refractivity contribution is 0.286. The molecule has 0 amide bonds. The molecule has 7 nitrogen and oxygen atoms in total. The second kappa shape index (κ2) is 7.92. The summed E-state index contributed by atoms with van der Waals surface area (Å²) in [5.41, 5.74) is 0. The standard InChI is InChI=1S/C16H25NO6S2/c1-4-17(13-9-10-24(18,19)12-13)25(20,21)14-7-8-15(22-5-2)16(11-14)23-6-3/h7-8,11,13H,4-6,9-10,12H2,1-3H3/t13-/m1/s1. The largest absolute Gasteiger partial charge is 0.490 e. The SMILES string of the molecule is CCOc1ccc(S(=O)(=O)N(CC)[C@@H]2CCS(=O)(=O)C2)cc1OCC. The Morgan fingerprint density at radius 2 is 1.76 bits per heavy atom. The van der Waals surface area contributed by atoms with E-state index in [0.29, 0.717) is 31.1 Å². The van der Waals surface area contributed by atoms with Crippen molar-refractivity contribution in [2.24, 2.45) is 0 Å². The van der Waals surface area contributed by atoms with Crippen LogP contribution in [0.2, 0.25) is 0 Å². The molecule has 0 unspecified atom stereocenters. The Kier molecular flexibility index (Phi) is 6.34. The highest BCUT2D eigenvalue weighted by Gasteiger charge is 2.38. The van der Waals surface area contributed by atoms with E-state index in [4.69, 9.17) is 9.47 Å². The predicted octanol–water partition coefficient (Wildman–Crippen LogP) is 1.68. The third kappa shape index (κ3) is 4.45. The number of hydrogen-bond donors (Lipinski definition) is 0. The Hall–Kier alpha value is -1.32. The first kappa shape index (κ1) is 20.0. The van der Waals surface area contributed by atoms with Gasteiger partial charge in [0.1, 0.15) is 0 Å². The van der Waals surface area contributed by atoms with E-state index in [9.17, 15) is 16.8 Å². The van der Waals surface area contributed by atoms with Crippen LogP contribution >= 0.6 is 0 Å². The Balaban J connectivity index is 2.38. The van der Waals surface area contributed by atoms with Crippen LogP contribution < -0.4 is 9.47 Å². The zero-order chi connectivity index (χ0) is 18.7. The predicted molar refractivity (Wildman–Crippen MR) is 95.4 cm³/mol. The lowest BCUT2D eigenvalue weighted by atomic mass is 10.3. The summed E-state index contributed by atoms with van der Waals surface area (Å²) in [7, 11) is -7.00.